The van der Waals surface area contributed by atoms with Crippen LogP contribution in [0.4, 0.5) is 14.5 Å². The van der Waals surface area contributed by atoms with Crippen LogP contribution in [0, 0.1) is 23.0 Å². The van der Waals surface area contributed by atoms with E-state index in [4.69, 9.17) is 10.00 Å². The van der Waals surface area contributed by atoms with Gasteiger partial charge in [0.2, 0.25) is 0 Å². The lowest BCUT2D eigenvalue weighted by Gasteiger charge is -2.12. The molecule has 0 bridgehead atoms. The number of nitrogens with zero attached hydrogens (tertiary/aromatic N) is 1. The van der Waals surface area contributed by atoms with E-state index in [9.17, 15) is 8.78 Å². The molecule has 2 aromatic carbocycles. The summed E-state index contributed by atoms with van der Waals surface area (Å²) in [4.78, 5) is 0. The first kappa shape index (κ1) is 13.8. The van der Waals surface area contributed by atoms with Crippen molar-refractivity contribution >= 4 is 5.69 Å². The van der Waals surface area contributed by atoms with Crippen LogP contribution in [-0.2, 0) is 6.54 Å². The monoisotopic (exact) mass is 274 g/mol. The fraction of sp³-hybridized carbons (Fsp3) is 0.133. The first-order valence-electron chi connectivity index (χ1n) is 5.90. The number of ether oxygens (including phenoxy) is 1. The Morgan fingerprint density at radius 2 is 2.00 bits per heavy atom. The maximum atomic E-state index is 13.5. The number of hydrogen-bond donors (Lipinski definition) is 1. The summed E-state index contributed by atoms with van der Waals surface area (Å²) in [6.07, 6.45) is 0. The Morgan fingerprint density at radius 1 is 1.20 bits per heavy atom. The molecule has 0 atom stereocenters. The maximum Gasteiger partial charge on any atom is 0.143 e. The van der Waals surface area contributed by atoms with Gasteiger partial charge in [0.05, 0.1) is 24.4 Å². The van der Waals surface area contributed by atoms with Crippen molar-refractivity contribution in [1.82, 2.24) is 0 Å². The second-order valence-electron chi connectivity index (χ2n) is 4.12. The topological polar surface area (TPSA) is 45.0 Å². The largest absolute Gasteiger partial charge is 0.495 e. The van der Waals surface area contributed by atoms with E-state index in [0.29, 0.717) is 17.0 Å². The lowest BCUT2D eigenvalue weighted by atomic mass is 10.1. The molecule has 0 heterocycles. The summed E-state index contributed by atoms with van der Waals surface area (Å²) in [6, 6.07) is 10.1. The molecule has 0 aliphatic carbocycles. The second-order valence-corrected chi connectivity index (χ2v) is 4.12. The zero-order valence-electron chi connectivity index (χ0n) is 10.8. The van der Waals surface area contributed by atoms with Crippen molar-refractivity contribution in [2.45, 2.75) is 6.54 Å². The average Bonchev–Trinajstić information content (AvgIpc) is 2.48. The van der Waals surface area contributed by atoms with Gasteiger partial charge in [0.1, 0.15) is 17.4 Å². The SMILES string of the molecule is COc1cc(C#N)ccc1NCc1cc(F)ccc1F. The van der Waals surface area contributed by atoms with Gasteiger partial charge in [0, 0.05) is 18.2 Å². The predicted molar refractivity (Wildman–Crippen MR) is 71.4 cm³/mol. The van der Waals surface area contributed by atoms with Gasteiger partial charge >= 0.3 is 0 Å². The van der Waals surface area contributed by atoms with Crippen molar-refractivity contribution in [3.8, 4) is 11.8 Å². The molecule has 0 saturated carbocycles. The van der Waals surface area contributed by atoms with E-state index in [-0.39, 0.29) is 12.1 Å². The van der Waals surface area contributed by atoms with Crippen LogP contribution in [0.25, 0.3) is 0 Å². The highest BCUT2D eigenvalue weighted by molar-refractivity contribution is 5.59. The number of benzene rings is 2. The van der Waals surface area contributed by atoms with Gasteiger partial charge in [-0.25, -0.2) is 8.78 Å². The van der Waals surface area contributed by atoms with Crippen LogP contribution in [0.3, 0.4) is 0 Å². The molecular formula is C15H12F2N2O. The van der Waals surface area contributed by atoms with Crippen LogP contribution in [-0.4, -0.2) is 7.11 Å². The number of rotatable bonds is 4. The van der Waals surface area contributed by atoms with E-state index in [0.717, 1.165) is 18.2 Å². The molecule has 5 heteroatoms. The van der Waals surface area contributed by atoms with Gasteiger partial charge in [-0.3, -0.25) is 0 Å². The highest BCUT2D eigenvalue weighted by Crippen LogP contribution is 2.26. The molecule has 102 valence electrons. The molecular weight excluding hydrogens is 262 g/mol. The first-order chi connectivity index (χ1) is 9.63. The molecule has 0 fully saturated rings. The van der Waals surface area contributed by atoms with Gasteiger partial charge in [-0.2, -0.15) is 5.26 Å². The van der Waals surface area contributed by atoms with Crippen molar-refractivity contribution in [1.29, 1.82) is 5.26 Å². The number of anilines is 1. The van der Waals surface area contributed by atoms with Crippen LogP contribution >= 0.6 is 0 Å². The average molecular weight is 274 g/mol. The van der Waals surface area contributed by atoms with Crippen molar-refractivity contribution in [2.24, 2.45) is 0 Å². The van der Waals surface area contributed by atoms with Crippen LogP contribution < -0.4 is 10.1 Å². The molecule has 2 aromatic rings. The number of nitriles is 1. The number of nitrogens with one attached hydrogen (secondary N) is 1. The first-order valence-corrected chi connectivity index (χ1v) is 5.90. The Morgan fingerprint density at radius 3 is 2.70 bits per heavy atom. The summed E-state index contributed by atoms with van der Waals surface area (Å²) >= 11 is 0. The quantitative estimate of drug-likeness (QED) is 0.928. The molecule has 3 nitrogen and oxygen atoms in total. The van der Waals surface area contributed by atoms with Crippen molar-refractivity contribution in [3.63, 3.8) is 0 Å². The lowest BCUT2D eigenvalue weighted by Crippen LogP contribution is -2.04. The highest BCUT2D eigenvalue weighted by Gasteiger charge is 2.07. The fourth-order valence-corrected chi connectivity index (χ4v) is 1.78. The zero-order chi connectivity index (χ0) is 14.5. The summed E-state index contributed by atoms with van der Waals surface area (Å²) in [5, 5.41) is 11.8. The van der Waals surface area contributed by atoms with Gasteiger partial charge in [-0.05, 0) is 30.3 Å². The van der Waals surface area contributed by atoms with E-state index in [2.05, 4.69) is 5.32 Å². The van der Waals surface area contributed by atoms with E-state index >= 15 is 0 Å². The molecule has 0 aliphatic rings. The van der Waals surface area contributed by atoms with Crippen molar-refractivity contribution in [2.75, 3.05) is 12.4 Å². The Labute approximate surface area is 115 Å². The summed E-state index contributed by atoms with van der Waals surface area (Å²) in [7, 11) is 1.48. The van der Waals surface area contributed by atoms with Crippen LogP contribution in [0.5, 0.6) is 5.75 Å². The van der Waals surface area contributed by atoms with E-state index in [1.54, 1.807) is 18.2 Å². The minimum atomic E-state index is -0.491. The highest BCUT2D eigenvalue weighted by atomic mass is 19.1. The Kier molecular flexibility index (Phi) is 4.16. The van der Waals surface area contributed by atoms with Gasteiger partial charge in [-0.15, -0.1) is 0 Å². The molecule has 0 unspecified atom stereocenters. The fourth-order valence-electron chi connectivity index (χ4n) is 1.78. The number of halogens is 2. The minimum Gasteiger partial charge on any atom is -0.495 e. The third-order valence-corrected chi connectivity index (χ3v) is 2.81. The van der Waals surface area contributed by atoms with E-state index in [1.807, 2.05) is 6.07 Å². The number of hydrogen-bond acceptors (Lipinski definition) is 3. The minimum absolute atomic E-state index is 0.117. The molecule has 1 N–H and O–H groups in total. The third kappa shape index (κ3) is 3.04. The summed E-state index contributed by atoms with van der Waals surface area (Å²) < 4.78 is 31.7. The van der Waals surface area contributed by atoms with E-state index < -0.39 is 11.6 Å². The van der Waals surface area contributed by atoms with Crippen molar-refractivity contribution < 1.29 is 13.5 Å². The smallest absolute Gasteiger partial charge is 0.143 e. The van der Waals surface area contributed by atoms with Gasteiger partial charge in [0.25, 0.3) is 0 Å². The van der Waals surface area contributed by atoms with Crippen LogP contribution in [0.2, 0.25) is 0 Å². The maximum absolute atomic E-state index is 13.5. The molecule has 0 amide bonds. The zero-order valence-corrected chi connectivity index (χ0v) is 10.8. The predicted octanol–water partition coefficient (Wildman–Crippen LogP) is 3.46. The summed E-state index contributed by atoms with van der Waals surface area (Å²) in [6.45, 7) is 0.117. The normalized spacial score (nSPS) is 9.90. The Balaban J connectivity index is 2.19. The summed E-state index contributed by atoms with van der Waals surface area (Å²) in [5.41, 5.74) is 1.29. The standard InChI is InChI=1S/C15H12F2N2O/c1-20-15-6-10(8-18)2-5-14(15)19-9-11-7-12(16)3-4-13(11)17/h2-7,19H,9H2,1H3. The molecule has 0 spiro atoms. The lowest BCUT2D eigenvalue weighted by molar-refractivity contribution is 0.416. The van der Waals surface area contributed by atoms with Crippen LogP contribution in [0.15, 0.2) is 36.4 Å². The summed E-state index contributed by atoms with van der Waals surface area (Å²) in [5.74, 6) is -0.498. The Bertz CT molecular complexity index is 665. The van der Waals surface area contributed by atoms with Gasteiger partial charge in [-0.1, -0.05) is 0 Å². The van der Waals surface area contributed by atoms with E-state index in [1.165, 1.54) is 7.11 Å². The molecule has 20 heavy (non-hydrogen) atoms. The number of methoxy groups -OCH3 is 1. The Hall–Kier alpha value is -2.61. The molecule has 2 rings (SSSR count). The van der Waals surface area contributed by atoms with Crippen molar-refractivity contribution in [3.05, 3.63) is 59.2 Å². The molecule has 0 radical (unpaired) electrons. The molecule has 0 aromatic heterocycles. The molecule has 0 saturated heterocycles. The van der Waals surface area contributed by atoms with Gasteiger partial charge < -0.3 is 10.1 Å². The second kappa shape index (κ2) is 6.02. The molecule has 0 aliphatic heterocycles. The van der Waals surface area contributed by atoms with Gasteiger partial charge in [0.15, 0.2) is 0 Å². The van der Waals surface area contributed by atoms with Crippen LogP contribution in [0.1, 0.15) is 11.1 Å². The third-order valence-electron chi connectivity index (χ3n) is 2.81.